The molecule has 2 heterocycles. The van der Waals surface area contributed by atoms with Crippen LogP contribution in [0.25, 0.3) is 0 Å². The molecule has 2 aliphatic heterocycles. The highest BCUT2D eigenvalue weighted by Crippen LogP contribution is 2.37. The van der Waals surface area contributed by atoms with Crippen LogP contribution in [0.15, 0.2) is 42.5 Å². The minimum Gasteiger partial charge on any atom is -0.361 e. The maximum absolute atomic E-state index is 5.98. The van der Waals surface area contributed by atoms with E-state index >= 15 is 0 Å². The van der Waals surface area contributed by atoms with Crippen molar-refractivity contribution in [2.75, 3.05) is 6.61 Å². The summed E-state index contributed by atoms with van der Waals surface area (Å²) in [5.74, 6) is 0. The Balaban J connectivity index is 1.86. The first-order chi connectivity index (χ1) is 8.90. The zero-order chi connectivity index (χ0) is 12.4. The van der Waals surface area contributed by atoms with Crippen molar-refractivity contribution in [3.63, 3.8) is 0 Å². The summed E-state index contributed by atoms with van der Waals surface area (Å²) in [5.41, 5.74) is 1.39. The molecule has 0 spiro atoms. The summed E-state index contributed by atoms with van der Waals surface area (Å²) >= 11 is 0. The number of benzene rings is 1. The monoisotopic (exact) mass is 243 g/mol. The van der Waals surface area contributed by atoms with E-state index in [1.807, 2.05) is 0 Å². The summed E-state index contributed by atoms with van der Waals surface area (Å²) in [6.07, 6.45) is 8.42. The predicted octanol–water partition coefficient (Wildman–Crippen LogP) is 3.51. The Labute approximate surface area is 109 Å². The number of ether oxygens (including phenoxy) is 1. The third-order valence-corrected chi connectivity index (χ3v) is 3.99. The van der Waals surface area contributed by atoms with E-state index in [-0.39, 0.29) is 6.23 Å². The maximum atomic E-state index is 5.98. The Morgan fingerprint density at radius 3 is 2.89 bits per heavy atom. The predicted molar refractivity (Wildman–Crippen MR) is 73.2 cm³/mol. The number of fused-ring (bicyclic) bond motifs is 1. The van der Waals surface area contributed by atoms with Gasteiger partial charge in [-0.25, -0.2) is 0 Å². The quantitative estimate of drug-likeness (QED) is 0.753. The molecule has 1 unspecified atom stereocenters. The Bertz CT molecular complexity index is 414. The lowest BCUT2D eigenvalue weighted by atomic mass is 9.99. The van der Waals surface area contributed by atoms with Gasteiger partial charge < -0.3 is 4.74 Å². The average molecular weight is 243 g/mol. The van der Waals surface area contributed by atoms with Gasteiger partial charge in [-0.3, -0.25) is 4.90 Å². The second kappa shape index (κ2) is 5.25. The molecule has 18 heavy (non-hydrogen) atoms. The molecule has 96 valence electrons. The van der Waals surface area contributed by atoms with Crippen LogP contribution in [0.2, 0.25) is 0 Å². The Morgan fingerprint density at radius 2 is 2.11 bits per heavy atom. The van der Waals surface area contributed by atoms with Gasteiger partial charge in [-0.15, -0.1) is 0 Å². The maximum Gasteiger partial charge on any atom is 0.115 e. The molecule has 0 saturated carbocycles. The van der Waals surface area contributed by atoms with E-state index in [4.69, 9.17) is 4.74 Å². The summed E-state index contributed by atoms with van der Waals surface area (Å²) < 4.78 is 5.98. The minimum atomic E-state index is 0.289. The van der Waals surface area contributed by atoms with Crippen LogP contribution in [0, 0.1) is 0 Å². The van der Waals surface area contributed by atoms with Crippen molar-refractivity contribution in [3.8, 4) is 0 Å². The van der Waals surface area contributed by atoms with E-state index in [0.29, 0.717) is 12.1 Å². The van der Waals surface area contributed by atoms with Crippen molar-refractivity contribution in [2.24, 2.45) is 0 Å². The topological polar surface area (TPSA) is 12.5 Å². The highest BCUT2D eigenvalue weighted by molar-refractivity contribution is 5.22. The standard InChI is InChI=1S/C16H21NO/c1-2-7-14-10-6-11-16-17(14)15(12-18-16)13-8-4-3-5-9-13/h3-6,8-10,14-16H,2,7,11-12H2,1H3/t14-,15+,16?/m1/s1. The lowest BCUT2D eigenvalue weighted by molar-refractivity contribution is 0.0108. The first kappa shape index (κ1) is 11.9. The van der Waals surface area contributed by atoms with Crippen LogP contribution >= 0.6 is 0 Å². The molecule has 1 aromatic rings. The second-order valence-electron chi connectivity index (χ2n) is 5.18. The van der Waals surface area contributed by atoms with E-state index < -0.39 is 0 Å². The minimum absolute atomic E-state index is 0.289. The van der Waals surface area contributed by atoms with Crippen molar-refractivity contribution in [1.29, 1.82) is 0 Å². The third-order valence-electron chi connectivity index (χ3n) is 3.99. The Morgan fingerprint density at radius 1 is 1.28 bits per heavy atom. The van der Waals surface area contributed by atoms with Crippen molar-refractivity contribution in [3.05, 3.63) is 48.0 Å². The van der Waals surface area contributed by atoms with Gasteiger partial charge in [-0.2, -0.15) is 0 Å². The van der Waals surface area contributed by atoms with E-state index in [2.05, 4.69) is 54.3 Å². The number of hydrogen-bond acceptors (Lipinski definition) is 2. The third kappa shape index (κ3) is 2.11. The molecule has 0 amide bonds. The van der Waals surface area contributed by atoms with Gasteiger partial charge in [0.15, 0.2) is 0 Å². The Kier molecular flexibility index (Phi) is 3.48. The Hall–Kier alpha value is -1.12. The van der Waals surface area contributed by atoms with Crippen LogP contribution in [-0.2, 0) is 4.74 Å². The molecule has 3 rings (SSSR count). The molecule has 2 aliphatic rings. The fourth-order valence-electron chi connectivity index (χ4n) is 3.15. The molecule has 0 aliphatic carbocycles. The van der Waals surface area contributed by atoms with E-state index in [0.717, 1.165) is 13.0 Å². The van der Waals surface area contributed by atoms with Crippen LogP contribution < -0.4 is 0 Å². The molecule has 3 atom stereocenters. The number of hydrogen-bond donors (Lipinski definition) is 0. The van der Waals surface area contributed by atoms with E-state index in [1.54, 1.807) is 0 Å². The van der Waals surface area contributed by atoms with Crippen LogP contribution in [0.1, 0.15) is 37.8 Å². The van der Waals surface area contributed by atoms with Crippen LogP contribution in [0.3, 0.4) is 0 Å². The highest BCUT2D eigenvalue weighted by Gasteiger charge is 2.39. The molecule has 1 fully saturated rings. The van der Waals surface area contributed by atoms with Crippen LogP contribution in [-0.4, -0.2) is 23.8 Å². The zero-order valence-electron chi connectivity index (χ0n) is 11.0. The number of nitrogens with zero attached hydrogens (tertiary/aromatic N) is 1. The van der Waals surface area contributed by atoms with Crippen molar-refractivity contribution in [1.82, 2.24) is 4.90 Å². The number of rotatable bonds is 3. The molecule has 0 aromatic heterocycles. The van der Waals surface area contributed by atoms with Gasteiger partial charge >= 0.3 is 0 Å². The van der Waals surface area contributed by atoms with Gasteiger partial charge in [0.2, 0.25) is 0 Å². The summed E-state index contributed by atoms with van der Waals surface area (Å²) in [7, 11) is 0. The van der Waals surface area contributed by atoms with Crippen molar-refractivity contribution >= 4 is 0 Å². The molecule has 0 bridgehead atoms. The van der Waals surface area contributed by atoms with Gasteiger partial charge in [0.1, 0.15) is 6.23 Å². The lowest BCUT2D eigenvalue weighted by Gasteiger charge is -2.36. The fourth-order valence-corrected chi connectivity index (χ4v) is 3.15. The summed E-state index contributed by atoms with van der Waals surface area (Å²) in [5, 5.41) is 0. The second-order valence-corrected chi connectivity index (χ2v) is 5.18. The zero-order valence-corrected chi connectivity index (χ0v) is 11.0. The van der Waals surface area contributed by atoms with Crippen LogP contribution in [0.5, 0.6) is 0 Å². The van der Waals surface area contributed by atoms with E-state index in [1.165, 1.54) is 18.4 Å². The summed E-state index contributed by atoms with van der Waals surface area (Å²) in [4.78, 5) is 2.57. The molecule has 2 nitrogen and oxygen atoms in total. The SMILES string of the molecule is CCC[C@@H]1C=CCC2OC[C@@H](c3ccccc3)N21. The highest BCUT2D eigenvalue weighted by atomic mass is 16.5. The smallest absolute Gasteiger partial charge is 0.115 e. The van der Waals surface area contributed by atoms with Gasteiger partial charge in [-0.1, -0.05) is 55.8 Å². The van der Waals surface area contributed by atoms with E-state index in [9.17, 15) is 0 Å². The molecule has 0 N–H and O–H groups in total. The largest absolute Gasteiger partial charge is 0.361 e. The van der Waals surface area contributed by atoms with Crippen LogP contribution in [0.4, 0.5) is 0 Å². The summed E-state index contributed by atoms with van der Waals surface area (Å²) in [6, 6.07) is 11.7. The normalized spacial score (nSPS) is 31.5. The molecule has 1 saturated heterocycles. The van der Waals surface area contributed by atoms with Crippen molar-refractivity contribution in [2.45, 2.75) is 44.5 Å². The molecular weight excluding hydrogens is 222 g/mol. The van der Waals surface area contributed by atoms with Gasteiger partial charge in [0, 0.05) is 12.5 Å². The van der Waals surface area contributed by atoms with Gasteiger partial charge in [-0.05, 0) is 12.0 Å². The van der Waals surface area contributed by atoms with Crippen molar-refractivity contribution < 1.29 is 4.74 Å². The van der Waals surface area contributed by atoms with Gasteiger partial charge in [0.05, 0.1) is 12.6 Å². The first-order valence-electron chi connectivity index (χ1n) is 7.01. The first-order valence-corrected chi connectivity index (χ1v) is 7.01. The lowest BCUT2D eigenvalue weighted by Crippen LogP contribution is -2.42. The summed E-state index contributed by atoms with van der Waals surface area (Å²) in [6.45, 7) is 3.09. The fraction of sp³-hybridized carbons (Fsp3) is 0.500. The molecule has 1 aromatic carbocycles. The molecule has 0 radical (unpaired) electrons. The molecular formula is C16H21NO. The molecule has 2 heteroatoms. The van der Waals surface area contributed by atoms with Gasteiger partial charge in [0.25, 0.3) is 0 Å². The average Bonchev–Trinajstić information content (AvgIpc) is 2.85.